The molecule has 2 N–H and O–H groups in total. The van der Waals surface area contributed by atoms with Gasteiger partial charge in [0.05, 0.1) is 13.2 Å². The number of carbonyl (C=O) groups excluding carboxylic acids is 1. The van der Waals surface area contributed by atoms with Crippen LogP contribution >= 0.6 is 11.6 Å². The van der Waals surface area contributed by atoms with E-state index in [9.17, 15) is 13.2 Å². The topological polar surface area (TPSA) is 92.9 Å². The number of nitrogens with two attached hydrogens (primary N) is 1. The van der Waals surface area contributed by atoms with Crippen molar-refractivity contribution in [3.63, 3.8) is 0 Å². The molecule has 1 unspecified atom stereocenters. The number of piperazine rings is 1. The molecule has 1 saturated heterocycles. The number of ether oxygens (including phenoxy) is 1. The van der Waals surface area contributed by atoms with E-state index in [0.717, 1.165) is 6.42 Å². The Bertz CT molecular complexity index is 718. The Morgan fingerprint density at radius 3 is 2.52 bits per heavy atom. The molecule has 1 atom stereocenters. The fourth-order valence-electron chi connectivity index (χ4n) is 2.81. The molecule has 1 heterocycles. The van der Waals surface area contributed by atoms with Crippen LogP contribution in [-0.2, 0) is 14.8 Å². The van der Waals surface area contributed by atoms with Crippen LogP contribution in [0.2, 0.25) is 5.02 Å². The van der Waals surface area contributed by atoms with Gasteiger partial charge in [-0.15, -0.1) is 0 Å². The SMILES string of the molecule is CCCC(N)C(=O)N1CCN(S(=O)(=O)c2cc(Cl)ccc2OC)CC1. The number of amides is 1. The van der Waals surface area contributed by atoms with Crippen LogP contribution < -0.4 is 10.5 Å². The van der Waals surface area contributed by atoms with Crippen LogP contribution in [0.25, 0.3) is 0 Å². The molecule has 1 aliphatic rings. The number of halogens is 1. The maximum Gasteiger partial charge on any atom is 0.246 e. The average Bonchev–Trinajstić information content (AvgIpc) is 2.61. The van der Waals surface area contributed by atoms with Crippen LogP contribution in [-0.4, -0.2) is 62.9 Å². The lowest BCUT2D eigenvalue weighted by molar-refractivity contribution is -0.133. The van der Waals surface area contributed by atoms with Gasteiger partial charge in [-0.3, -0.25) is 4.79 Å². The lowest BCUT2D eigenvalue weighted by atomic mass is 10.1. The van der Waals surface area contributed by atoms with E-state index in [1.165, 1.54) is 23.5 Å². The molecule has 1 aromatic carbocycles. The van der Waals surface area contributed by atoms with Crippen molar-refractivity contribution in [2.75, 3.05) is 33.3 Å². The largest absolute Gasteiger partial charge is 0.495 e. The number of hydrogen-bond acceptors (Lipinski definition) is 5. The number of benzene rings is 1. The number of rotatable bonds is 6. The Morgan fingerprint density at radius 1 is 1.32 bits per heavy atom. The van der Waals surface area contributed by atoms with Crippen LogP contribution in [0.1, 0.15) is 19.8 Å². The van der Waals surface area contributed by atoms with Crippen molar-refractivity contribution < 1.29 is 17.9 Å². The molecule has 0 radical (unpaired) electrons. The second-order valence-electron chi connectivity index (χ2n) is 5.92. The maximum atomic E-state index is 12.9. The summed E-state index contributed by atoms with van der Waals surface area (Å²) in [7, 11) is -2.34. The monoisotopic (exact) mass is 389 g/mol. The Kier molecular flexibility index (Phi) is 6.67. The van der Waals surface area contributed by atoms with Gasteiger partial charge in [0.15, 0.2) is 0 Å². The molecule has 1 aliphatic heterocycles. The predicted molar refractivity (Wildman–Crippen MR) is 96.2 cm³/mol. The molecule has 0 spiro atoms. The van der Waals surface area contributed by atoms with Gasteiger partial charge in [0, 0.05) is 31.2 Å². The van der Waals surface area contributed by atoms with Crippen molar-refractivity contribution >= 4 is 27.5 Å². The Balaban J connectivity index is 2.12. The summed E-state index contributed by atoms with van der Waals surface area (Å²) < 4.78 is 32.3. The van der Waals surface area contributed by atoms with Gasteiger partial charge >= 0.3 is 0 Å². The average molecular weight is 390 g/mol. The van der Waals surface area contributed by atoms with Crippen LogP contribution in [0, 0.1) is 0 Å². The van der Waals surface area contributed by atoms with Crippen LogP contribution in [0.3, 0.4) is 0 Å². The van der Waals surface area contributed by atoms with E-state index in [1.807, 2.05) is 6.92 Å². The number of hydrogen-bond donors (Lipinski definition) is 1. The van der Waals surface area contributed by atoms with Crippen molar-refractivity contribution in [2.24, 2.45) is 5.73 Å². The summed E-state index contributed by atoms with van der Waals surface area (Å²) in [6, 6.07) is 3.95. The molecular weight excluding hydrogens is 366 g/mol. The first-order valence-electron chi connectivity index (χ1n) is 8.19. The molecule has 140 valence electrons. The zero-order valence-corrected chi connectivity index (χ0v) is 16.0. The van der Waals surface area contributed by atoms with Gasteiger partial charge < -0.3 is 15.4 Å². The van der Waals surface area contributed by atoms with Crippen LogP contribution in [0.4, 0.5) is 0 Å². The minimum Gasteiger partial charge on any atom is -0.495 e. The first kappa shape index (κ1) is 20.0. The Labute approximate surface area is 153 Å². The van der Waals surface area contributed by atoms with Gasteiger partial charge in [0.25, 0.3) is 0 Å². The van der Waals surface area contributed by atoms with Gasteiger partial charge in [0.1, 0.15) is 10.6 Å². The summed E-state index contributed by atoms with van der Waals surface area (Å²) in [5.74, 6) is 0.118. The molecule has 2 rings (SSSR count). The highest BCUT2D eigenvalue weighted by Crippen LogP contribution is 2.30. The molecule has 1 aromatic rings. The summed E-state index contributed by atoms with van der Waals surface area (Å²) in [5, 5.41) is 0.318. The molecule has 9 heteroatoms. The van der Waals surface area contributed by atoms with E-state index in [2.05, 4.69) is 0 Å². The highest BCUT2D eigenvalue weighted by Gasteiger charge is 2.33. The van der Waals surface area contributed by atoms with Crippen molar-refractivity contribution in [3.05, 3.63) is 23.2 Å². The Hall–Kier alpha value is -1.35. The summed E-state index contributed by atoms with van der Waals surface area (Å²) in [6.45, 7) is 3.03. The lowest BCUT2D eigenvalue weighted by Gasteiger charge is -2.35. The maximum absolute atomic E-state index is 12.9. The lowest BCUT2D eigenvalue weighted by Crippen LogP contribution is -2.54. The first-order chi connectivity index (χ1) is 11.8. The summed E-state index contributed by atoms with van der Waals surface area (Å²) >= 11 is 5.94. The first-order valence-corrected chi connectivity index (χ1v) is 10.0. The zero-order chi connectivity index (χ0) is 18.6. The van der Waals surface area contributed by atoms with Crippen molar-refractivity contribution in [1.29, 1.82) is 0 Å². The standard InChI is InChI=1S/C16H24ClN3O4S/c1-3-4-13(18)16(21)19-7-9-20(10-8-19)25(22,23)15-11-12(17)5-6-14(15)24-2/h5-6,11,13H,3-4,7-10,18H2,1-2H3. The van der Waals surface area contributed by atoms with Crippen molar-refractivity contribution in [1.82, 2.24) is 9.21 Å². The molecule has 0 aliphatic carbocycles. The fraction of sp³-hybridized carbons (Fsp3) is 0.562. The third-order valence-electron chi connectivity index (χ3n) is 4.21. The fourth-order valence-corrected chi connectivity index (χ4v) is 4.65. The third-order valence-corrected chi connectivity index (χ3v) is 6.37. The second-order valence-corrected chi connectivity index (χ2v) is 8.26. The highest BCUT2D eigenvalue weighted by atomic mass is 35.5. The molecule has 0 aromatic heterocycles. The van der Waals surface area contributed by atoms with E-state index in [1.54, 1.807) is 11.0 Å². The van der Waals surface area contributed by atoms with Gasteiger partial charge in [-0.25, -0.2) is 8.42 Å². The summed E-state index contributed by atoms with van der Waals surface area (Å²) in [4.78, 5) is 13.9. The zero-order valence-electron chi connectivity index (χ0n) is 14.4. The molecule has 0 bridgehead atoms. The van der Waals surface area contributed by atoms with Gasteiger partial charge in [-0.05, 0) is 24.6 Å². The quantitative estimate of drug-likeness (QED) is 0.791. The normalized spacial score (nSPS) is 17.4. The molecular formula is C16H24ClN3O4S. The summed E-state index contributed by atoms with van der Waals surface area (Å²) in [6.07, 6.45) is 1.45. The van der Waals surface area contributed by atoms with Gasteiger partial charge in [0.2, 0.25) is 15.9 Å². The molecule has 1 fully saturated rings. The van der Waals surface area contributed by atoms with Crippen LogP contribution in [0.5, 0.6) is 5.75 Å². The van der Waals surface area contributed by atoms with E-state index >= 15 is 0 Å². The second kappa shape index (κ2) is 8.35. The molecule has 1 amide bonds. The van der Waals surface area contributed by atoms with Crippen molar-refractivity contribution in [3.8, 4) is 5.75 Å². The highest BCUT2D eigenvalue weighted by molar-refractivity contribution is 7.89. The number of methoxy groups -OCH3 is 1. The van der Waals surface area contributed by atoms with E-state index in [-0.39, 0.29) is 29.6 Å². The van der Waals surface area contributed by atoms with E-state index < -0.39 is 16.1 Å². The van der Waals surface area contributed by atoms with Gasteiger partial charge in [-0.2, -0.15) is 4.31 Å². The van der Waals surface area contributed by atoms with Crippen LogP contribution in [0.15, 0.2) is 23.1 Å². The van der Waals surface area contributed by atoms with Gasteiger partial charge in [-0.1, -0.05) is 24.9 Å². The molecule has 7 nitrogen and oxygen atoms in total. The Morgan fingerprint density at radius 2 is 1.96 bits per heavy atom. The van der Waals surface area contributed by atoms with E-state index in [0.29, 0.717) is 24.5 Å². The minimum absolute atomic E-state index is 0.0324. The number of sulfonamides is 1. The molecule has 0 saturated carbocycles. The predicted octanol–water partition coefficient (Wildman–Crippen LogP) is 1.31. The van der Waals surface area contributed by atoms with E-state index in [4.69, 9.17) is 22.1 Å². The van der Waals surface area contributed by atoms with Crippen molar-refractivity contribution in [2.45, 2.75) is 30.7 Å². The summed E-state index contributed by atoms with van der Waals surface area (Å²) in [5.41, 5.74) is 5.87. The smallest absolute Gasteiger partial charge is 0.246 e. The number of nitrogens with zero attached hydrogens (tertiary/aromatic N) is 2. The third kappa shape index (κ3) is 4.44. The molecule has 25 heavy (non-hydrogen) atoms. The number of carbonyl (C=O) groups is 1. The minimum atomic E-state index is -3.75.